The topological polar surface area (TPSA) is 54.2 Å². The minimum atomic E-state index is 0.441. The van der Waals surface area contributed by atoms with E-state index in [0.29, 0.717) is 17.9 Å². The van der Waals surface area contributed by atoms with Crippen molar-refractivity contribution >= 4 is 28.5 Å². The van der Waals surface area contributed by atoms with E-state index in [-0.39, 0.29) is 0 Å². The molecule has 3 aromatic rings. The lowest BCUT2D eigenvalue weighted by Gasteiger charge is -2.22. The summed E-state index contributed by atoms with van der Waals surface area (Å²) in [6, 6.07) is 5.70. The molecule has 2 unspecified atom stereocenters. The van der Waals surface area contributed by atoms with Crippen molar-refractivity contribution in [3.8, 4) is 10.6 Å². The van der Waals surface area contributed by atoms with Crippen molar-refractivity contribution in [3.05, 3.63) is 29.3 Å². The van der Waals surface area contributed by atoms with Crippen molar-refractivity contribution in [1.82, 2.24) is 15.3 Å². The van der Waals surface area contributed by atoms with E-state index in [1.807, 2.05) is 11.6 Å². The van der Waals surface area contributed by atoms with E-state index < -0.39 is 0 Å². The fourth-order valence-electron chi connectivity index (χ4n) is 4.12. The number of aromatic nitrogens is 2. The van der Waals surface area contributed by atoms with E-state index in [4.69, 9.17) is 9.40 Å². The lowest BCUT2D eigenvalue weighted by molar-refractivity contribution is 0.359. The zero-order valence-electron chi connectivity index (χ0n) is 15.2. The van der Waals surface area contributed by atoms with Gasteiger partial charge < -0.3 is 14.6 Å². The molecule has 2 atom stereocenters. The molecular weight excluding hydrogens is 344 g/mol. The summed E-state index contributed by atoms with van der Waals surface area (Å²) in [5.41, 5.74) is 4.15. The predicted molar refractivity (Wildman–Crippen MR) is 106 cm³/mol. The van der Waals surface area contributed by atoms with Gasteiger partial charge in [0.1, 0.15) is 10.5 Å². The van der Waals surface area contributed by atoms with Crippen LogP contribution in [0.25, 0.3) is 21.7 Å². The number of hydrogen-bond acceptors (Lipinski definition) is 6. The van der Waals surface area contributed by atoms with E-state index in [1.165, 1.54) is 18.4 Å². The van der Waals surface area contributed by atoms with Crippen LogP contribution in [0.3, 0.4) is 0 Å². The number of rotatable bonds is 3. The zero-order valence-corrected chi connectivity index (χ0v) is 16.1. The normalized spacial score (nSPS) is 23.1. The molecule has 5 heterocycles. The van der Waals surface area contributed by atoms with Gasteiger partial charge in [0, 0.05) is 30.7 Å². The number of thiazole rings is 1. The molecule has 0 spiro atoms. The Bertz CT molecular complexity index is 895. The number of piperidine rings is 1. The first-order valence-corrected chi connectivity index (χ1v) is 10.4. The third-order valence-electron chi connectivity index (χ3n) is 5.64. The summed E-state index contributed by atoms with van der Waals surface area (Å²) in [6.45, 7) is 7.55. The smallest absolute Gasteiger partial charge is 0.298 e. The van der Waals surface area contributed by atoms with Crippen LogP contribution in [-0.4, -0.2) is 35.6 Å². The van der Waals surface area contributed by atoms with Crippen molar-refractivity contribution in [2.24, 2.45) is 5.92 Å². The number of benzene rings is 1. The van der Waals surface area contributed by atoms with Gasteiger partial charge in [-0.05, 0) is 48.9 Å². The van der Waals surface area contributed by atoms with Crippen LogP contribution in [-0.2, 0) is 0 Å². The maximum absolute atomic E-state index is 6.33. The average molecular weight is 369 g/mol. The van der Waals surface area contributed by atoms with E-state index in [0.717, 1.165) is 47.3 Å². The Morgan fingerprint density at radius 3 is 2.92 bits per heavy atom. The van der Waals surface area contributed by atoms with Gasteiger partial charge in [-0.25, -0.2) is 4.98 Å². The number of hydrogen-bond donors (Lipinski definition) is 1. The van der Waals surface area contributed by atoms with Crippen molar-refractivity contribution in [2.45, 2.75) is 38.6 Å². The second-order valence-electron chi connectivity index (χ2n) is 7.86. The molecule has 3 aliphatic heterocycles. The number of nitrogens with zero attached hydrogens (tertiary/aromatic N) is 3. The van der Waals surface area contributed by atoms with Gasteiger partial charge >= 0.3 is 0 Å². The molecule has 5 nitrogen and oxygen atoms in total. The molecule has 3 saturated heterocycles. The van der Waals surface area contributed by atoms with Gasteiger partial charge in [0.05, 0.1) is 5.56 Å². The maximum atomic E-state index is 6.33. The summed E-state index contributed by atoms with van der Waals surface area (Å²) in [7, 11) is 0. The van der Waals surface area contributed by atoms with Crippen LogP contribution in [0.1, 0.15) is 38.2 Å². The summed E-state index contributed by atoms with van der Waals surface area (Å²) < 4.78 is 6.33. The Morgan fingerprint density at radius 1 is 1.27 bits per heavy atom. The number of nitrogens with one attached hydrogen (secondary N) is 1. The molecule has 0 radical (unpaired) electrons. The van der Waals surface area contributed by atoms with Crippen LogP contribution < -0.4 is 10.2 Å². The summed E-state index contributed by atoms with van der Waals surface area (Å²) in [6.07, 6.45) is 4.41. The molecule has 3 aliphatic rings. The van der Waals surface area contributed by atoms with Crippen molar-refractivity contribution < 1.29 is 4.42 Å². The van der Waals surface area contributed by atoms with Gasteiger partial charge in [0.25, 0.3) is 6.01 Å². The van der Waals surface area contributed by atoms with Crippen LogP contribution in [0.15, 0.2) is 28.1 Å². The lowest BCUT2D eigenvalue weighted by atomic mass is 9.97. The van der Waals surface area contributed by atoms with Gasteiger partial charge in [0.2, 0.25) is 0 Å². The molecule has 26 heavy (non-hydrogen) atoms. The van der Waals surface area contributed by atoms with Crippen LogP contribution in [0.2, 0.25) is 0 Å². The Labute approximate surface area is 157 Å². The summed E-state index contributed by atoms with van der Waals surface area (Å²) in [5.74, 6) is 1.13. The molecule has 0 aliphatic carbocycles. The molecule has 2 bridgehead atoms. The number of oxazole rings is 1. The highest BCUT2D eigenvalue weighted by Crippen LogP contribution is 2.36. The van der Waals surface area contributed by atoms with Gasteiger partial charge in [-0.3, -0.25) is 0 Å². The standard InChI is InChI=1S/C20H24N4OS/c1-12(2)14-7-16(19-21-5-6-26-19)18-17(8-14)23-20(25-18)24-10-13-3-4-15(11-24)22-9-13/h5-8,12-13,15,22H,3-4,9-11H2,1-2H3. The second kappa shape index (κ2) is 6.35. The largest absolute Gasteiger partial charge is 0.423 e. The van der Waals surface area contributed by atoms with Crippen LogP contribution in [0.5, 0.6) is 0 Å². The average Bonchev–Trinajstić information content (AvgIpc) is 3.23. The Morgan fingerprint density at radius 2 is 2.19 bits per heavy atom. The molecule has 6 heteroatoms. The van der Waals surface area contributed by atoms with E-state index in [2.05, 4.69) is 41.2 Å². The third kappa shape index (κ3) is 2.81. The molecule has 6 rings (SSSR count). The Hall–Kier alpha value is -1.92. The molecule has 3 fully saturated rings. The van der Waals surface area contributed by atoms with E-state index >= 15 is 0 Å². The summed E-state index contributed by atoms with van der Waals surface area (Å²) in [5, 5.41) is 6.66. The molecule has 0 amide bonds. The summed E-state index contributed by atoms with van der Waals surface area (Å²) in [4.78, 5) is 11.7. The quantitative estimate of drug-likeness (QED) is 0.748. The highest BCUT2D eigenvalue weighted by molar-refractivity contribution is 7.13. The molecule has 2 aromatic heterocycles. The monoisotopic (exact) mass is 368 g/mol. The maximum Gasteiger partial charge on any atom is 0.298 e. The van der Waals surface area contributed by atoms with Gasteiger partial charge in [-0.1, -0.05) is 13.8 Å². The van der Waals surface area contributed by atoms with Crippen molar-refractivity contribution in [2.75, 3.05) is 24.5 Å². The van der Waals surface area contributed by atoms with Crippen molar-refractivity contribution in [3.63, 3.8) is 0 Å². The minimum Gasteiger partial charge on any atom is -0.423 e. The predicted octanol–water partition coefficient (Wildman–Crippen LogP) is 4.26. The zero-order chi connectivity index (χ0) is 17.7. The van der Waals surface area contributed by atoms with Gasteiger partial charge in [-0.15, -0.1) is 11.3 Å². The van der Waals surface area contributed by atoms with Gasteiger partial charge in [0.15, 0.2) is 5.58 Å². The van der Waals surface area contributed by atoms with Crippen LogP contribution >= 0.6 is 11.3 Å². The van der Waals surface area contributed by atoms with Gasteiger partial charge in [-0.2, -0.15) is 4.98 Å². The fraction of sp³-hybridized carbons (Fsp3) is 0.500. The number of anilines is 1. The number of fused-ring (bicyclic) bond motifs is 5. The fourth-order valence-corrected chi connectivity index (χ4v) is 4.77. The SMILES string of the molecule is CC(C)c1cc(-c2nccs2)c2oc(N3CC4CCC(C3)NC4)nc2c1. The second-order valence-corrected chi connectivity index (χ2v) is 8.75. The molecular formula is C20H24N4OS. The van der Waals surface area contributed by atoms with E-state index in [9.17, 15) is 0 Å². The van der Waals surface area contributed by atoms with E-state index in [1.54, 1.807) is 11.3 Å². The van der Waals surface area contributed by atoms with Crippen LogP contribution in [0.4, 0.5) is 6.01 Å². The minimum absolute atomic E-state index is 0.441. The first kappa shape index (κ1) is 16.3. The molecule has 0 saturated carbocycles. The third-order valence-corrected chi connectivity index (χ3v) is 6.45. The Balaban J connectivity index is 1.61. The lowest BCUT2D eigenvalue weighted by Crippen LogP contribution is -2.39. The highest BCUT2D eigenvalue weighted by Gasteiger charge is 2.31. The summed E-state index contributed by atoms with van der Waals surface area (Å²) >= 11 is 1.65. The molecule has 136 valence electrons. The Kier molecular flexibility index (Phi) is 3.98. The highest BCUT2D eigenvalue weighted by atomic mass is 32.1. The van der Waals surface area contributed by atoms with Crippen LogP contribution in [0, 0.1) is 5.92 Å². The first-order valence-electron chi connectivity index (χ1n) is 9.50. The first-order chi connectivity index (χ1) is 12.7. The van der Waals surface area contributed by atoms with Crippen molar-refractivity contribution in [1.29, 1.82) is 0 Å². The molecule has 1 aromatic carbocycles. The molecule has 1 N–H and O–H groups in total.